The summed E-state index contributed by atoms with van der Waals surface area (Å²) >= 11 is 0. The van der Waals surface area contributed by atoms with Crippen molar-refractivity contribution < 1.29 is 19.4 Å². The highest BCUT2D eigenvalue weighted by Crippen LogP contribution is 2.12. The van der Waals surface area contributed by atoms with Crippen LogP contribution in [0.25, 0.3) is 0 Å². The highest BCUT2D eigenvalue weighted by atomic mass is 16.5. The fraction of sp³-hybridized carbons (Fsp3) is 0.714. The first-order chi connectivity index (χ1) is 6.94. The van der Waals surface area contributed by atoms with Gasteiger partial charge in [-0.2, -0.15) is 0 Å². The van der Waals surface area contributed by atoms with E-state index in [9.17, 15) is 5.11 Å². The van der Waals surface area contributed by atoms with Gasteiger partial charge in [-0.25, -0.2) is 0 Å². The number of methoxy groups -OCH3 is 1. The molecule has 2 atom stereocenters. The van der Waals surface area contributed by atoms with Crippen molar-refractivity contribution in [2.45, 2.75) is 24.9 Å². The van der Waals surface area contributed by atoms with Gasteiger partial charge in [0.25, 0.3) is 0 Å². The number of ether oxygens (including phenoxy) is 1. The van der Waals surface area contributed by atoms with E-state index in [1.54, 1.807) is 0 Å². The van der Waals surface area contributed by atoms with Gasteiger partial charge in [0.05, 0.1) is 16.3 Å². The molecule has 1 N–H and O–H groups in total. The predicted octanol–water partition coefficient (Wildman–Crippen LogP) is 0.712. The highest BCUT2D eigenvalue weighted by molar-refractivity contribution is 4.99. The molecule has 2 heteroatoms. The quantitative estimate of drug-likeness (QED) is 0.537. The zero-order valence-electron chi connectivity index (χ0n) is 11.9. The maximum absolute atomic E-state index is 9.45. The van der Waals surface area contributed by atoms with Gasteiger partial charge in [0.2, 0.25) is 0 Å². The molecule has 1 aliphatic carbocycles. The first-order valence-corrected chi connectivity index (χ1v) is 2.41. The Morgan fingerprint density at radius 1 is 2.00 bits per heavy atom. The minimum absolute atomic E-state index is 0.477. The first-order valence-electron chi connectivity index (χ1n) is 5.91. The predicted molar refractivity (Wildman–Crippen MR) is 35.2 cm³/mol. The van der Waals surface area contributed by atoms with Crippen molar-refractivity contribution in [3.05, 3.63) is 12.1 Å². The summed E-state index contributed by atoms with van der Waals surface area (Å²) in [5.41, 5.74) is 0. The van der Waals surface area contributed by atoms with Crippen molar-refractivity contribution in [2.24, 2.45) is 0 Å². The topological polar surface area (TPSA) is 29.5 Å². The summed E-state index contributed by atoms with van der Waals surface area (Å²) in [5.74, 6) is 0. The average molecular weight is 135 g/mol. The van der Waals surface area contributed by atoms with Crippen molar-refractivity contribution in [3.63, 3.8) is 0 Å². The third-order valence-electron chi connectivity index (χ3n) is 0.848. The number of hydrogen-bond donors (Lipinski definition) is 1. The van der Waals surface area contributed by atoms with Gasteiger partial charge >= 0.3 is 0 Å². The molecule has 0 amide bonds. The largest absolute Gasteiger partial charge is 0.389 e. The standard InChI is InChI=1S/C7H12O2/c1-9-7-4-2-6(8)3-5-7/h2,4,6-8H,3,5H2,1H3/i3D2,4D,5D2,6D,7D. The van der Waals surface area contributed by atoms with E-state index >= 15 is 0 Å². The van der Waals surface area contributed by atoms with Crippen LogP contribution in [0, 0.1) is 0 Å². The molecular weight excluding hydrogens is 116 g/mol. The van der Waals surface area contributed by atoms with E-state index in [0.717, 1.165) is 7.11 Å². The molecule has 0 aromatic carbocycles. The Balaban J connectivity index is 3.52. The highest BCUT2D eigenvalue weighted by Gasteiger charge is 2.11. The van der Waals surface area contributed by atoms with Crippen LogP contribution in [0.2, 0.25) is 0 Å². The summed E-state index contributed by atoms with van der Waals surface area (Å²) in [7, 11) is 0.970. The maximum Gasteiger partial charge on any atom is 0.0754 e. The Morgan fingerprint density at radius 3 is 3.44 bits per heavy atom. The first kappa shape index (κ1) is 2.07. The van der Waals surface area contributed by atoms with Gasteiger partial charge in [-0.05, 0) is 12.7 Å². The third kappa shape index (κ3) is 1.80. The summed E-state index contributed by atoms with van der Waals surface area (Å²) in [6.07, 6.45) is -11.1. The Labute approximate surface area is 65.0 Å². The lowest BCUT2D eigenvalue weighted by atomic mass is 10.0. The molecule has 0 spiro atoms. The molecule has 0 fully saturated rings. The lowest BCUT2D eigenvalue weighted by Gasteiger charge is -2.17. The maximum atomic E-state index is 9.45. The average Bonchev–Trinajstić information content (AvgIpc) is 2.13. The van der Waals surface area contributed by atoms with Crippen LogP contribution in [-0.2, 0) is 4.74 Å². The molecule has 0 heterocycles. The Morgan fingerprint density at radius 2 is 2.78 bits per heavy atom. The molecule has 0 radical (unpaired) electrons. The van der Waals surface area contributed by atoms with Crippen molar-refractivity contribution >= 4 is 0 Å². The molecule has 1 rings (SSSR count). The van der Waals surface area contributed by atoms with Crippen LogP contribution in [0.5, 0.6) is 0 Å². The number of hydrogen-bond acceptors (Lipinski definition) is 2. The molecule has 2 unspecified atom stereocenters. The molecule has 0 saturated heterocycles. The van der Waals surface area contributed by atoms with Gasteiger partial charge in [0, 0.05) is 12.6 Å². The minimum atomic E-state index is -3.07. The van der Waals surface area contributed by atoms with E-state index in [4.69, 9.17) is 9.60 Å². The molecule has 0 bridgehead atoms. The van der Waals surface area contributed by atoms with E-state index < -0.39 is 31.0 Å². The van der Waals surface area contributed by atoms with E-state index in [1.165, 1.54) is 0 Å². The SMILES string of the molecule is [2H]C1=CC([2H])(O)C([2H])([2H])C([2H])([2H])C1([2H])OC. The summed E-state index contributed by atoms with van der Waals surface area (Å²) in [4.78, 5) is 0. The Hall–Kier alpha value is -0.340. The second-order valence-corrected chi connectivity index (χ2v) is 1.46. The Kier molecular flexibility index (Phi) is 0.688. The van der Waals surface area contributed by atoms with Gasteiger partial charge in [-0.15, -0.1) is 0 Å². The van der Waals surface area contributed by atoms with Crippen molar-refractivity contribution in [1.82, 2.24) is 0 Å². The van der Waals surface area contributed by atoms with Crippen LogP contribution in [0.3, 0.4) is 0 Å². The smallest absolute Gasteiger partial charge is 0.0754 e. The molecular formula is C7H12O2. The number of rotatable bonds is 1. The normalized spacial score (nSPS) is 74.9. The summed E-state index contributed by atoms with van der Waals surface area (Å²) in [6, 6.07) is -0.785. The molecule has 1 aliphatic rings. The van der Waals surface area contributed by atoms with Crippen molar-refractivity contribution in [3.8, 4) is 0 Å². The fourth-order valence-corrected chi connectivity index (χ4v) is 0.437. The second kappa shape index (κ2) is 2.99. The van der Waals surface area contributed by atoms with E-state index in [1.807, 2.05) is 0 Å². The van der Waals surface area contributed by atoms with Gasteiger partial charge in [0.15, 0.2) is 0 Å². The molecule has 0 saturated carbocycles. The van der Waals surface area contributed by atoms with Crippen molar-refractivity contribution in [1.29, 1.82) is 0 Å². The lowest BCUT2D eigenvalue weighted by molar-refractivity contribution is 0.102. The fourth-order valence-electron chi connectivity index (χ4n) is 0.437. The van der Waals surface area contributed by atoms with Crippen LogP contribution in [-0.4, -0.2) is 24.4 Å². The molecule has 52 valence electrons. The molecule has 9 heavy (non-hydrogen) atoms. The second-order valence-electron chi connectivity index (χ2n) is 1.46. The lowest BCUT2D eigenvalue weighted by Crippen LogP contribution is -2.17. The van der Waals surface area contributed by atoms with Crippen LogP contribution < -0.4 is 0 Å². The van der Waals surface area contributed by atoms with Gasteiger partial charge in [-0.1, -0.05) is 12.1 Å². The molecule has 0 aromatic heterocycles. The van der Waals surface area contributed by atoms with Gasteiger partial charge in [0.1, 0.15) is 0 Å². The van der Waals surface area contributed by atoms with E-state index in [0.29, 0.717) is 6.08 Å². The van der Waals surface area contributed by atoms with Crippen molar-refractivity contribution in [2.75, 3.05) is 7.11 Å². The monoisotopic (exact) mass is 135 g/mol. The summed E-state index contributed by atoms with van der Waals surface area (Å²) in [5, 5.41) is 9.45. The van der Waals surface area contributed by atoms with Crippen LogP contribution in [0.4, 0.5) is 0 Å². The zero-order chi connectivity index (χ0) is 13.0. The molecule has 0 aromatic rings. The van der Waals surface area contributed by atoms with Crippen LogP contribution in [0.15, 0.2) is 12.1 Å². The Bertz CT molecular complexity index is 338. The van der Waals surface area contributed by atoms with Gasteiger partial charge < -0.3 is 9.84 Å². The third-order valence-corrected chi connectivity index (χ3v) is 0.848. The van der Waals surface area contributed by atoms with Crippen LogP contribution >= 0.6 is 0 Å². The summed E-state index contributed by atoms with van der Waals surface area (Å²) < 4.78 is 56.6. The van der Waals surface area contributed by atoms with E-state index in [-0.39, 0.29) is 0 Å². The molecule has 0 aliphatic heterocycles. The van der Waals surface area contributed by atoms with Crippen LogP contribution in [0.1, 0.15) is 22.3 Å². The van der Waals surface area contributed by atoms with Gasteiger partial charge in [-0.3, -0.25) is 0 Å². The minimum Gasteiger partial charge on any atom is -0.389 e. The zero-order valence-corrected chi connectivity index (χ0v) is 4.93. The number of aliphatic hydroxyl groups is 1. The van der Waals surface area contributed by atoms with E-state index in [2.05, 4.69) is 4.74 Å². The summed E-state index contributed by atoms with van der Waals surface area (Å²) in [6.45, 7) is 0. The molecule has 2 nitrogen and oxygen atoms in total.